The number of nitrogens with one attached hydrogen (secondary N) is 3. The third kappa shape index (κ3) is 8.99. The van der Waals surface area contributed by atoms with Gasteiger partial charge in [0.1, 0.15) is 18.1 Å². The first-order valence-electron chi connectivity index (χ1n) is 11.4. The van der Waals surface area contributed by atoms with Crippen molar-refractivity contribution in [3.8, 4) is 11.5 Å². The summed E-state index contributed by atoms with van der Waals surface area (Å²) in [5.74, 6) is -0.938. The van der Waals surface area contributed by atoms with E-state index < -0.39 is 11.8 Å². The summed E-state index contributed by atoms with van der Waals surface area (Å²) in [4.78, 5) is 36.2. The minimum absolute atomic E-state index is 0.143. The van der Waals surface area contributed by atoms with Gasteiger partial charge in [-0.05, 0) is 91.2 Å². The molecule has 3 N–H and O–H groups in total. The Balaban J connectivity index is 1.42. The van der Waals surface area contributed by atoms with Gasteiger partial charge in [0.2, 0.25) is 0 Å². The summed E-state index contributed by atoms with van der Waals surface area (Å²) in [6.07, 6.45) is 3.01. The molecule has 0 aromatic heterocycles. The summed E-state index contributed by atoms with van der Waals surface area (Å²) in [6.45, 7) is 7.73. The molecule has 9 nitrogen and oxygen atoms in total. The number of hydrogen-bond donors (Lipinski definition) is 3. The maximum absolute atomic E-state index is 12.2. The Hall–Kier alpha value is -4.92. The average molecular weight is 501 g/mol. The Morgan fingerprint density at radius 3 is 2.08 bits per heavy atom. The van der Waals surface area contributed by atoms with E-state index in [1.54, 1.807) is 54.6 Å². The van der Waals surface area contributed by atoms with Crippen molar-refractivity contribution in [2.45, 2.75) is 13.8 Å². The number of carbonyl (C=O) groups is 3. The van der Waals surface area contributed by atoms with Gasteiger partial charge >= 0.3 is 11.8 Å². The molecule has 0 aliphatic heterocycles. The van der Waals surface area contributed by atoms with Gasteiger partial charge in [0.15, 0.2) is 6.61 Å². The van der Waals surface area contributed by atoms with E-state index in [1.165, 1.54) is 6.21 Å². The van der Waals surface area contributed by atoms with Crippen LogP contribution in [0.15, 0.2) is 84.5 Å². The molecule has 3 aromatic carbocycles. The van der Waals surface area contributed by atoms with Crippen LogP contribution in [0.25, 0.3) is 0 Å². The van der Waals surface area contributed by atoms with Crippen LogP contribution in [-0.4, -0.2) is 37.1 Å². The van der Waals surface area contributed by atoms with Crippen LogP contribution in [0.2, 0.25) is 0 Å². The zero-order valence-electron chi connectivity index (χ0n) is 20.6. The number of ether oxygens (including phenoxy) is 2. The van der Waals surface area contributed by atoms with Crippen LogP contribution in [0.1, 0.15) is 16.7 Å². The third-order valence-electron chi connectivity index (χ3n) is 4.82. The second kappa shape index (κ2) is 13.2. The van der Waals surface area contributed by atoms with Gasteiger partial charge in [-0.2, -0.15) is 5.10 Å². The van der Waals surface area contributed by atoms with Crippen molar-refractivity contribution in [1.82, 2.24) is 5.43 Å². The van der Waals surface area contributed by atoms with Gasteiger partial charge < -0.3 is 20.1 Å². The van der Waals surface area contributed by atoms with Gasteiger partial charge in [-0.25, -0.2) is 5.43 Å². The van der Waals surface area contributed by atoms with E-state index in [2.05, 4.69) is 27.7 Å². The highest BCUT2D eigenvalue weighted by Crippen LogP contribution is 2.16. The van der Waals surface area contributed by atoms with Crippen molar-refractivity contribution in [3.05, 3.63) is 96.1 Å². The summed E-state index contributed by atoms with van der Waals surface area (Å²) in [7, 11) is 0. The highest BCUT2D eigenvalue weighted by Gasteiger charge is 2.13. The number of hydrogen-bond acceptors (Lipinski definition) is 6. The Labute approximate surface area is 215 Å². The first-order valence-corrected chi connectivity index (χ1v) is 11.4. The summed E-state index contributed by atoms with van der Waals surface area (Å²) in [5, 5.41) is 9.08. The van der Waals surface area contributed by atoms with Crippen LogP contribution < -0.4 is 25.5 Å². The van der Waals surface area contributed by atoms with Crippen molar-refractivity contribution in [3.63, 3.8) is 0 Å². The maximum Gasteiger partial charge on any atom is 0.329 e. The molecular formula is C28H28N4O5. The lowest BCUT2D eigenvalue weighted by molar-refractivity contribution is -0.136. The van der Waals surface area contributed by atoms with Gasteiger partial charge in [-0.3, -0.25) is 14.4 Å². The summed E-state index contributed by atoms with van der Waals surface area (Å²) >= 11 is 0. The summed E-state index contributed by atoms with van der Waals surface area (Å²) in [6, 6.07) is 19.1. The Morgan fingerprint density at radius 2 is 1.43 bits per heavy atom. The second-order valence-corrected chi connectivity index (χ2v) is 8.06. The molecule has 0 radical (unpaired) electrons. The first kappa shape index (κ1) is 26.7. The lowest BCUT2D eigenvalue weighted by atomic mass is 10.1. The van der Waals surface area contributed by atoms with Crippen LogP contribution in [-0.2, 0) is 14.4 Å². The number of hydrazone groups is 1. The van der Waals surface area contributed by atoms with Crippen molar-refractivity contribution >= 4 is 35.3 Å². The molecule has 9 heteroatoms. The molecule has 0 atom stereocenters. The molecule has 0 spiro atoms. The van der Waals surface area contributed by atoms with Gasteiger partial charge in [0.05, 0.1) is 6.21 Å². The highest BCUT2D eigenvalue weighted by molar-refractivity contribution is 6.39. The zero-order chi connectivity index (χ0) is 26.6. The summed E-state index contributed by atoms with van der Waals surface area (Å²) in [5.41, 5.74) is 6.11. The second-order valence-electron chi connectivity index (χ2n) is 8.06. The highest BCUT2D eigenvalue weighted by atomic mass is 16.5. The standard InChI is InChI=1S/C28H28N4O5/c1-4-13-36-24-11-7-22(8-12-24)31-27(34)28(35)32-29-17-21-5-9-25(10-6-21)37-18-26(33)30-23-15-19(2)14-20(3)16-23/h4-12,14-17H,1,13,18H2,2-3H3,(H,30,33)(H,31,34)(H,32,35)/b29-17-. The fourth-order valence-corrected chi connectivity index (χ4v) is 3.24. The smallest absolute Gasteiger partial charge is 0.329 e. The molecule has 3 aromatic rings. The monoisotopic (exact) mass is 500 g/mol. The number of aryl methyl sites for hydroxylation is 2. The molecular weight excluding hydrogens is 472 g/mol. The minimum atomic E-state index is -0.919. The van der Waals surface area contributed by atoms with E-state index >= 15 is 0 Å². The van der Waals surface area contributed by atoms with Gasteiger partial charge in [-0.1, -0.05) is 18.7 Å². The van der Waals surface area contributed by atoms with Crippen molar-refractivity contribution in [2.75, 3.05) is 23.8 Å². The molecule has 0 heterocycles. The number of anilines is 2. The summed E-state index contributed by atoms with van der Waals surface area (Å²) < 4.78 is 10.9. The number of benzene rings is 3. The number of carbonyl (C=O) groups excluding carboxylic acids is 3. The quantitative estimate of drug-likeness (QED) is 0.168. The predicted octanol–water partition coefficient (Wildman–Crippen LogP) is 3.97. The van der Waals surface area contributed by atoms with Crippen LogP contribution in [0.5, 0.6) is 11.5 Å². The molecule has 0 aliphatic rings. The van der Waals surface area contributed by atoms with Gasteiger partial charge in [-0.15, -0.1) is 0 Å². The normalized spacial score (nSPS) is 10.4. The fourth-order valence-electron chi connectivity index (χ4n) is 3.24. The molecule has 3 rings (SSSR count). The molecule has 190 valence electrons. The number of rotatable bonds is 10. The predicted molar refractivity (Wildman–Crippen MR) is 143 cm³/mol. The first-order chi connectivity index (χ1) is 17.8. The van der Waals surface area contributed by atoms with E-state index in [-0.39, 0.29) is 12.5 Å². The maximum atomic E-state index is 12.2. The fraction of sp³-hybridized carbons (Fsp3) is 0.143. The van der Waals surface area contributed by atoms with E-state index in [4.69, 9.17) is 9.47 Å². The third-order valence-corrected chi connectivity index (χ3v) is 4.82. The van der Waals surface area contributed by atoms with Crippen LogP contribution in [0.3, 0.4) is 0 Å². The van der Waals surface area contributed by atoms with E-state index in [1.807, 2.05) is 32.0 Å². The molecule has 37 heavy (non-hydrogen) atoms. The molecule has 0 saturated heterocycles. The van der Waals surface area contributed by atoms with Crippen LogP contribution in [0.4, 0.5) is 11.4 Å². The van der Waals surface area contributed by atoms with Crippen molar-refractivity contribution < 1.29 is 23.9 Å². The molecule has 0 fully saturated rings. The number of amides is 3. The topological polar surface area (TPSA) is 118 Å². The van der Waals surface area contributed by atoms with E-state index in [0.29, 0.717) is 29.4 Å². The lowest BCUT2D eigenvalue weighted by Crippen LogP contribution is -2.32. The Kier molecular flexibility index (Phi) is 9.55. The van der Waals surface area contributed by atoms with E-state index in [9.17, 15) is 14.4 Å². The average Bonchev–Trinajstić information content (AvgIpc) is 2.87. The molecule has 3 amide bonds. The molecule has 0 bridgehead atoms. The number of nitrogens with zero attached hydrogens (tertiary/aromatic N) is 1. The molecule has 0 saturated carbocycles. The Bertz CT molecular complexity index is 1260. The zero-order valence-corrected chi connectivity index (χ0v) is 20.6. The molecule has 0 unspecified atom stereocenters. The largest absolute Gasteiger partial charge is 0.490 e. The van der Waals surface area contributed by atoms with Crippen molar-refractivity contribution in [2.24, 2.45) is 5.10 Å². The lowest BCUT2D eigenvalue weighted by Gasteiger charge is -2.09. The van der Waals surface area contributed by atoms with Crippen molar-refractivity contribution in [1.29, 1.82) is 0 Å². The Morgan fingerprint density at radius 1 is 0.811 bits per heavy atom. The van der Waals surface area contributed by atoms with E-state index in [0.717, 1.165) is 16.8 Å². The van der Waals surface area contributed by atoms with Gasteiger partial charge in [0.25, 0.3) is 5.91 Å². The van der Waals surface area contributed by atoms with Crippen LogP contribution >= 0.6 is 0 Å². The van der Waals surface area contributed by atoms with Crippen LogP contribution in [0, 0.1) is 13.8 Å². The SMILES string of the molecule is C=CCOc1ccc(NC(=O)C(=O)N/N=C\c2ccc(OCC(=O)Nc3cc(C)cc(C)c3)cc2)cc1. The minimum Gasteiger partial charge on any atom is -0.490 e. The molecule has 0 aliphatic carbocycles. The van der Waals surface area contributed by atoms with Gasteiger partial charge in [0, 0.05) is 11.4 Å².